The lowest BCUT2D eigenvalue weighted by Crippen LogP contribution is -2.43. The van der Waals surface area contributed by atoms with Crippen LogP contribution in [0, 0.1) is 18.8 Å². The van der Waals surface area contributed by atoms with E-state index in [1.54, 1.807) is 0 Å². The van der Waals surface area contributed by atoms with E-state index < -0.39 is 5.60 Å². The van der Waals surface area contributed by atoms with Gasteiger partial charge in [0.15, 0.2) is 0 Å². The molecule has 2 aliphatic heterocycles. The molecule has 3 heterocycles. The SMILES string of the molecule is Cc1ccc(CC2CCN(C(=O)OC(C)(C)CC3CCOCC3)CC2)s1. The zero-order valence-corrected chi connectivity index (χ0v) is 17.3. The Morgan fingerprint density at radius 2 is 1.88 bits per heavy atom. The highest BCUT2D eigenvalue weighted by molar-refractivity contribution is 7.11. The maximum absolute atomic E-state index is 12.6. The Morgan fingerprint density at radius 1 is 1.19 bits per heavy atom. The molecular formula is C21H33NO3S. The lowest BCUT2D eigenvalue weighted by atomic mass is 9.88. The van der Waals surface area contributed by atoms with E-state index in [0.29, 0.717) is 11.8 Å². The van der Waals surface area contributed by atoms with Crippen molar-refractivity contribution in [3.05, 3.63) is 21.9 Å². The highest BCUT2D eigenvalue weighted by Crippen LogP contribution is 2.30. The number of carbonyl (C=O) groups excluding carboxylic acids is 1. The highest BCUT2D eigenvalue weighted by atomic mass is 32.1. The number of hydrogen-bond donors (Lipinski definition) is 0. The van der Waals surface area contributed by atoms with Crippen LogP contribution in [0.4, 0.5) is 4.79 Å². The summed E-state index contributed by atoms with van der Waals surface area (Å²) in [6.45, 7) is 9.58. The number of carbonyl (C=O) groups is 1. The van der Waals surface area contributed by atoms with Crippen molar-refractivity contribution in [2.45, 2.75) is 64.9 Å². The summed E-state index contributed by atoms with van der Waals surface area (Å²) >= 11 is 1.90. The Labute approximate surface area is 161 Å². The third-order valence-corrected chi connectivity index (χ3v) is 6.67. The van der Waals surface area contributed by atoms with E-state index >= 15 is 0 Å². The zero-order chi connectivity index (χ0) is 18.6. The number of likely N-dealkylation sites (tertiary alicyclic amines) is 1. The molecule has 2 aliphatic rings. The van der Waals surface area contributed by atoms with Crippen LogP contribution in [0.1, 0.15) is 55.7 Å². The van der Waals surface area contributed by atoms with E-state index in [2.05, 4.69) is 19.1 Å². The molecule has 5 heteroatoms. The van der Waals surface area contributed by atoms with Gasteiger partial charge in [0.25, 0.3) is 0 Å². The van der Waals surface area contributed by atoms with Gasteiger partial charge in [-0.3, -0.25) is 0 Å². The van der Waals surface area contributed by atoms with E-state index in [1.807, 2.05) is 30.1 Å². The summed E-state index contributed by atoms with van der Waals surface area (Å²) in [7, 11) is 0. The molecule has 1 amide bonds. The van der Waals surface area contributed by atoms with Crippen LogP contribution in [0.25, 0.3) is 0 Å². The summed E-state index contributed by atoms with van der Waals surface area (Å²) in [5.74, 6) is 1.29. The Balaban J connectivity index is 1.42. The Kier molecular flexibility index (Phi) is 6.62. The first-order valence-electron chi connectivity index (χ1n) is 10.0. The van der Waals surface area contributed by atoms with Crippen LogP contribution >= 0.6 is 11.3 Å². The molecule has 0 bridgehead atoms. The normalized spacial score (nSPS) is 20.3. The summed E-state index contributed by atoms with van der Waals surface area (Å²) in [5.41, 5.74) is -0.398. The lowest BCUT2D eigenvalue weighted by molar-refractivity contribution is -0.0209. The van der Waals surface area contributed by atoms with Crippen molar-refractivity contribution < 1.29 is 14.3 Å². The molecule has 1 aromatic heterocycles. The van der Waals surface area contributed by atoms with Crippen LogP contribution < -0.4 is 0 Å². The molecule has 4 nitrogen and oxygen atoms in total. The van der Waals surface area contributed by atoms with Gasteiger partial charge in [0.2, 0.25) is 0 Å². The molecule has 0 unspecified atom stereocenters. The first-order valence-corrected chi connectivity index (χ1v) is 10.8. The van der Waals surface area contributed by atoms with Crippen molar-refractivity contribution in [1.29, 1.82) is 0 Å². The molecule has 0 radical (unpaired) electrons. The molecule has 1 aromatic rings. The fourth-order valence-corrected chi connectivity index (χ4v) is 5.19. The van der Waals surface area contributed by atoms with Crippen LogP contribution in [0.2, 0.25) is 0 Å². The fraction of sp³-hybridized carbons (Fsp3) is 0.762. The fourth-order valence-electron chi connectivity index (χ4n) is 4.19. The molecule has 2 saturated heterocycles. The van der Waals surface area contributed by atoms with Crippen molar-refractivity contribution in [2.24, 2.45) is 11.8 Å². The van der Waals surface area contributed by atoms with E-state index in [1.165, 1.54) is 9.75 Å². The molecule has 0 atom stereocenters. The number of ether oxygens (including phenoxy) is 2. The number of piperidine rings is 1. The van der Waals surface area contributed by atoms with E-state index in [4.69, 9.17) is 9.47 Å². The quantitative estimate of drug-likeness (QED) is 0.719. The van der Waals surface area contributed by atoms with E-state index in [0.717, 1.165) is 64.8 Å². The maximum Gasteiger partial charge on any atom is 0.410 e. The molecule has 2 fully saturated rings. The summed E-state index contributed by atoms with van der Waals surface area (Å²) in [6, 6.07) is 4.45. The summed E-state index contributed by atoms with van der Waals surface area (Å²) < 4.78 is 11.3. The van der Waals surface area contributed by atoms with Gasteiger partial charge in [-0.2, -0.15) is 0 Å². The predicted molar refractivity (Wildman–Crippen MR) is 106 cm³/mol. The topological polar surface area (TPSA) is 38.8 Å². The third kappa shape index (κ3) is 5.71. The molecule has 0 aromatic carbocycles. The van der Waals surface area contributed by atoms with Gasteiger partial charge < -0.3 is 14.4 Å². The molecule has 0 saturated carbocycles. The van der Waals surface area contributed by atoms with Crippen molar-refractivity contribution in [2.75, 3.05) is 26.3 Å². The highest BCUT2D eigenvalue weighted by Gasteiger charge is 2.32. The second kappa shape index (κ2) is 8.75. The summed E-state index contributed by atoms with van der Waals surface area (Å²) in [4.78, 5) is 17.4. The number of aryl methyl sites for hydroxylation is 1. The van der Waals surface area contributed by atoms with Crippen LogP contribution in [0.15, 0.2) is 12.1 Å². The average Bonchev–Trinajstić information content (AvgIpc) is 3.00. The van der Waals surface area contributed by atoms with Gasteiger partial charge in [-0.15, -0.1) is 11.3 Å². The molecule has 0 N–H and O–H groups in total. The second-order valence-corrected chi connectivity index (χ2v) is 9.91. The second-order valence-electron chi connectivity index (χ2n) is 8.53. The summed E-state index contributed by atoms with van der Waals surface area (Å²) in [6.07, 6.45) is 6.25. The van der Waals surface area contributed by atoms with Crippen molar-refractivity contribution in [3.8, 4) is 0 Å². The van der Waals surface area contributed by atoms with E-state index in [-0.39, 0.29) is 6.09 Å². The molecular weight excluding hydrogens is 346 g/mol. The van der Waals surface area contributed by atoms with Gasteiger partial charge in [-0.25, -0.2) is 4.79 Å². The van der Waals surface area contributed by atoms with Gasteiger partial charge in [-0.1, -0.05) is 0 Å². The van der Waals surface area contributed by atoms with Gasteiger partial charge in [0.1, 0.15) is 5.60 Å². The predicted octanol–water partition coefficient (Wildman–Crippen LogP) is 5.04. The molecule has 3 rings (SSSR count). The average molecular weight is 380 g/mol. The number of nitrogens with zero attached hydrogens (tertiary/aromatic N) is 1. The minimum Gasteiger partial charge on any atom is -0.443 e. The summed E-state index contributed by atoms with van der Waals surface area (Å²) in [5, 5.41) is 0. The lowest BCUT2D eigenvalue weighted by Gasteiger charge is -2.36. The van der Waals surface area contributed by atoms with Crippen LogP contribution in [-0.2, 0) is 15.9 Å². The first-order chi connectivity index (χ1) is 12.4. The van der Waals surface area contributed by atoms with Crippen molar-refractivity contribution >= 4 is 17.4 Å². The van der Waals surface area contributed by atoms with Crippen LogP contribution in [-0.4, -0.2) is 42.9 Å². The van der Waals surface area contributed by atoms with Crippen molar-refractivity contribution in [3.63, 3.8) is 0 Å². The third-order valence-electron chi connectivity index (χ3n) is 5.64. The Bertz CT molecular complexity index is 584. The van der Waals surface area contributed by atoms with Crippen molar-refractivity contribution in [1.82, 2.24) is 4.90 Å². The number of hydrogen-bond acceptors (Lipinski definition) is 4. The molecule has 146 valence electrons. The van der Waals surface area contributed by atoms with Crippen LogP contribution in [0.5, 0.6) is 0 Å². The zero-order valence-electron chi connectivity index (χ0n) is 16.5. The van der Waals surface area contributed by atoms with E-state index in [9.17, 15) is 4.79 Å². The standard InChI is InChI=1S/C21H33NO3S/c1-16-4-5-19(26-16)14-17-6-10-22(11-7-17)20(23)25-21(2,3)15-18-8-12-24-13-9-18/h4-5,17-18H,6-15H2,1-3H3. The van der Waals surface area contributed by atoms with Gasteiger partial charge >= 0.3 is 6.09 Å². The minimum atomic E-state index is -0.398. The van der Waals surface area contributed by atoms with Crippen LogP contribution in [0.3, 0.4) is 0 Å². The number of amides is 1. The first kappa shape index (κ1) is 19.7. The monoisotopic (exact) mass is 379 g/mol. The number of thiophene rings is 1. The molecule has 26 heavy (non-hydrogen) atoms. The maximum atomic E-state index is 12.6. The molecule has 0 spiro atoms. The molecule has 0 aliphatic carbocycles. The Morgan fingerprint density at radius 3 is 2.50 bits per heavy atom. The van der Waals surface area contributed by atoms with Gasteiger partial charge in [0, 0.05) is 36.1 Å². The minimum absolute atomic E-state index is 0.132. The number of rotatable bonds is 5. The smallest absolute Gasteiger partial charge is 0.410 e. The largest absolute Gasteiger partial charge is 0.443 e. The van der Waals surface area contributed by atoms with Gasteiger partial charge in [0.05, 0.1) is 0 Å². The van der Waals surface area contributed by atoms with Gasteiger partial charge in [-0.05, 0) is 83.3 Å². The Hall–Kier alpha value is -1.07.